The van der Waals surface area contributed by atoms with Crippen molar-refractivity contribution in [2.24, 2.45) is 7.05 Å². The van der Waals surface area contributed by atoms with Crippen molar-refractivity contribution in [3.63, 3.8) is 0 Å². The molecule has 0 aliphatic rings. The van der Waals surface area contributed by atoms with Crippen LogP contribution in [0, 0.1) is 0 Å². The van der Waals surface area contributed by atoms with Crippen LogP contribution in [-0.2, 0) is 7.05 Å². The molecule has 0 aromatic carbocycles. The number of pyridine rings is 1. The van der Waals surface area contributed by atoms with Crippen molar-refractivity contribution in [3.05, 3.63) is 28.7 Å². The Morgan fingerprint density at radius 3 is 2.79 bits per heavy atom. The number of hydrogen-bond acceptors (Lipinski definition) is 2. The summed E-state index contributed by atoms with van der Waals surface area (Å²) in [7, 11) is 3.73. The summed E-state index contributed by atoms with van der Waals surface area (Å²) >= 11 is 3.48. The maximum atomic E-state index is 11.4. The second kappa shape index (κ2) is 4.64. The highest BCUT2D eigenvalue weighted by Crippen LogP contribution is 2.10. The van der Waals surface area contributed by atoms with Gasteiger partial charge in [0.1, 0.15) is 0 Å². The Hall–Kier alpha value is -0.770. The lowest BCUT2D eigenvalue weighted by atomic mass is 10.3. The molecular weight excluding hydrogens is 244 g/mol. The summed E-state index contributed by atoms with van der Waals surface area (Å²) in [5, 5.41) is 0. The molecular formula is C10H15BrN2O. The lowest BCUT2D eigenvalue weighted by Gasteiger charge is -2.20. The van der Waals surface area contributed by atoms with E-state index in [1.165, 1.54) is 0 Å². The van der Waals surface area contributed by atoms with E-state index in [4.69, 9.17) is 0 Å². The van der Waals surface area contributed by atoms with Gasteiger partial charge in [-0.15, -0.1) is 0 Å². The molecule has 0 saturated carbocycles. The quantitative estimate of drug-likeness (QED) is 0.770. The van der Waals surface area contributed by atoms with Crippen molar-refractivity contribution < 1.29 is 0 Å². The molecule has 0 aliphatic carbocycles. The molecule has 1 unspecified atom stereocenters. The minimum absolute atomic E-state index is 0.0246. The number of rotatable bonds is 3. The topological polar surface area (TPSA) is 25.2 Å². The van der Waals surface area contributed by atoms with Gasteiger partial charge in [0.15, 0.2) is 0 Å². The average Bonchev–Trinajstić information content (AvgIpc) is 2.08. The van der Waals surface area contributed by atoms with Crippen LogP contribution in [0.4, 0.5) is 5.69 Å². The van der Waals surface area contributed by atoms with E-state index in [-0.39, 0.29) is 5.56 Å². The summed E-state index contributed by atoms with van der Waals surface area (Å²) in [6.07, 6.45) is 1.78. The van der Waals surface area contributed by atoms with Crippen molar-refractivity contribution in [2.45, 2.75) is 11.8 Å². The number of hydrogen-bond donors (Lipinski definition) is 0. The first-order chi connectivity index (χ1) is 6.50. The predicted molar refractivity (Wildman–Crippen MR) is 63.3 cm³/mol. The van der Waals surface area contributed by atoms with E-state index >= 15 is 0 Å². The van der Waals surface area contributed by atoms with E-state index in [0.717, 1.165) is 12.2 Å². The first kappa shape index (κ1) is 11.3. The van der Waals surface area contributed by atoms with Gasteiger partial charge in [-0.05, 0) is 6.07 Å². The molecule has 0 bridgehead atoms. The van der Waals surface area contributed by atoms with Crippen LogP contribution in [0.15, 0.2) is 23.1 Å². The molecule has 1 atom stereocenters. The Balaban J connectivity index is 2.86. The van der Waals surface area contributed by atoms with Crippen molar-refractivity contribution in [3.8, 4) is 0 Å². The Morgan fingerprint density at radius 1 is 1.64 bits per heavy atom. The molecule has 0 saturated heterocycles. The molecule has 14 heavy (non-hydrogen) atoms. The van der Waals surface area contributed by atoms with E-state index in [1.807, 2.05) is 13.1 Å². The van der Waals surface area contributed by atoms with Gasteiger partial charge in [-0.25, -0.2) is 0 Å². The van der Waals surface area contributed by atoms with Crippen molar-refractivity contribution in [1.29, 1.82) is 0 Å². The van der Waals surface area contributed by atoms with Crippen LogP contribution in [-0.4, -0.2) is 23.0 Å². The molecule has 0 radical (unpaired) electrons. The highest BCUT2D eigenvalue weighted by molar-refractivity contribution is 9.09. The Labute approximate surface area is 92.5 Å². The number of nitrogens with zero attached hydrogens (tertiary/aromatic N) is 2. The number of aromatic nitrogens is 1. The smallest absolute Gasteiger partial charge is 0.252 e. The normalized spacial score (nSPS) is 12.6. The minimum atomic E-state index is 0.0246. The maximum Gasteiger partial charge on any atom is 0.252 e. The van der Waals surface area contributed by atoms with Crippen LogP contribution in [0.25, 0.3) is 0 Å². The van der Waals surface area contributed by atoms with E-state index in [0.29, 0.717) is 4.83 Å². The number of alkyl halides is 1. The lowest BCUT2D eigenvalue weighted by Crippen LogP contribution is -2.26. The number of aryl methyl sites for hydroxylation is 1. The van der Waals surface area contributed by atoms with E-state index in [1.54, 1.807) is 23.9 Å². The van der Waals surface area contributed by atoms with Crippen molar-refractivity contribution >= 4 is 21.6 Å². The zero-order chi connectivity index (χ0) is 10.7. The van der Waals surface area contributed by atoms with Gasteiger partial charge < -0.3 is 9.47 Å². The standard InChI is InChI=1S/C10H15BrN2O/c1-8(11)7-13(3)9-4-5-12(2)10(14)6-9/h4-6,8H,7H2,1-3H3. The zero-order valence-corrected chi connectivity index (χ0v) is 10.3. The molecule has 4 heteroatoms. The predicted octanol–water partition coefficient (Wildman–Crippen LogP) is 1.60. The monoisotopic (exact) mass is 258 g/mol. The highest BCUT2D eigenvalue weighted by Gasteiger charge is 2.04. The van der Waals surface area contributed by atoms with Crippen LogP contribution in [0.1, 0.15) is 6.92 Å². The maximum absolute atomic E-state index is 11.4. The number of halogens is 1. The third-order valence-corrected chi connectivity index (χ3v) is 2.34. The van der Waals surface area contributed by atoms with E-state index < -0.39 is 0 Å². The van der Waals surface area contributed by atoms with Crippen LogP contribution in [0.3, 0.4) is 0 Å². The second-order valence-electron chi connectivity index (χ2n) is 3.50. The summed E-state index contributed by atoms with van der Waals surface area (Å²) in [6, 6.07) is 3.59. The van der Waals surface area contributed by atoms with Gasteiger partial charge in [-0.2, -0.15) is 0 Å². The average molecular weight is 259 g/mol. The van der Waals surface area contributed by atoms with Crippen molar-refractivity contribution in [2.75, 3.05) is 18.5 Å². The largest absolute Gasteiger partial charge is 0.373 e. The van der Waals surface area contributed by atoms with Crippen molar-refractivity contribution in [1.82, 2.24) is 4.57 Å². The molecule has 78 valence electrons. The molecule has 1 aromatic rings. The van der Waals surface area contributed by atoms with Gasteiger partial charge in [0.05, 0.1) is 0 Å². The first-order valence-electron chi connectivity index (χ1n) is 4.52. The SMILES string of the molecule is CC(Br)CN(C)c1ccn(C)c(=O)c1. The molecule has 1 aromatic heterocycles. The summed E-state index contributed by atoms with van der Waals surface area (Å²) in [5.74, 6) is 0. The molecule has 0 N–H and O–H groups in total. The van der Waals surface area contributed by atoms with Gasteiger partial charge in [0.2, 0.25) is 0 Å². The van der Waals surface area contributed by atoms with Gasteiger partial charge >= 0.3 is 0 Å². The lowest BCUT2D eigenvalue weighted by molar-refractivity contribution is 0.838. The molecule has 3 nitrogen and oxygen atoms in total. The molecule has 0 fully saturated rings. The van der Waals surface area contributed by atoms with Gasteiger partial charge in [-0.3, -0.25) is 4.79 Å². The van der Waals surface area contributed by atoms with Gasteiger partial charge in [-0.1, -0.05) is 22.9 Å². The summed E-state index contributed by atoms with van der Waals surface area (Å²) in [4.78, 5) is 13.8. The molecule has 0 aliphatic heterocycles. The van der Waals surface area contributed by atoms with Crippen LogP contribution in [0.2, 0.25) is 0 Å². The number of anilines is 1. The van der Waals surface area contributed by atoms with Crippen LogP contribution in [0.5, 0.6) is 0 Å². The first-order valence-corrected chi connectivity index (χ1v) is 5.44. The van der Waals surface area contributed by atoms with Crippen LogP contribution >= 0.6 is 15.9 Å². The molecule has 1 heterocycles. The fraction of sp³-hybridized carbons (Fsp3) is 0.500. The molecule has 0 spiro atoms. The third kappa shape index (κ3) is 2.87. The summed E-state index contributed by atoms with van der Waals surface area (Å²) in [5.41, 5.74) is 0.982. The summed E-state index contributed by atoms with van der Waals surface area (Å²) < 4.78 is 1.56. The Bertz CT molecular complexity index is 359. The fourth-order valence-corrected chi connectivity index (χ4v) is 1.69. The Kier molecular flexibility index (Phi) is 3.75. The second-order valence-corrected chi connectivity index (χ2v) is 5.06. The van der Waals surface area contributed by atoms with E-state index in [9.17, 15) is 4.79 Å². The minimum Gasteiger partial charge on any atom is -0.373 e. The summed E-state index contributed by atoms with van der Waals surface area (Å²) in [6.45, 7) is 2.96. The Morgan fingerprint density at radius 2 is 2.29 bits per heavy atom. The zero-order valence-electron chi connectivity index (χ0n) is 8.70. The van der Waals surface area contributed by atoms with Gasteiger partial charge in [0, 0.05) is 43.4 Å². The molecule has 1 rings (SSSR count). The van der Waals surface area contributed by atoms with E-state index in [2.05, 4.69) is 27.8 Å². The van der Waals surface area contributed by atoms with Crippen LogP contribution < -0.4 is 10.5 Å². The fourth-order valence-electron chi connectivity index (χ4n) is 1.26. The third-order valence-electron chi connectivity index (χ3n) is 2.05. The highest BCUT2D eigenvalue weighted by atomic mass is 79.9. The van der Waals surface area contributed by atoms with Gasteiger partial charge in [0.25, 0.3) is 5.56 Å². The molecule has 0 amide bonds.